The Kier molecular flexibility index (Phi) is 4.81. The van der Waals surface area contributed by atoms with E-state index >= 15 is 0 Å². The van der Waals surface area contributed by atoms with E-state index in [0.29, 0.717) is 5.88 Å². The van der Waals surface area contributed by atoms with Crippen LogP contribution in [0.5, 0.6) is 5.88 Å². The summed E-state index contributed by atoms with van der Waals surface area (Å²) in [5.41, 5.74) is 5.05. The molecule has 0 spiro atoms. The van der Waals surface area contributed by atoms with Crippen LogP contribution in [-0.2, 0) is 9.59 Å². The standard InChI is InChI=1S/C11H13N3O5/c1-19-9-3-2-6(5-13-9)10(16)14-7(11(17)18)4-8(12)15/h2-3,5,7H,4H2,1H3,(H2,12,15)(H,14,16)(H,17,18)/t7-/m0/s1. The lowest BCUT2D eigenvalue weighted by Crippen LogP contribution is -2.43. The highest BCUT2D eigenvalue weighted by Gasteiger charge is 2.22. The number of aromatic nitrogens is 1. The Morgan fingerprint density at radius 1 is 1.47 bits per heavy atom. The van der Waals surface area contributed by atoms with Crippen molar-refractivity contribution >= 4 is 17.8 Å². The van der Waals surface area contributed by atoms with Crippen LogP contribution in [0.4, 0.5) is 0 Å². The third-order valence-electron chi connectivity index (χ3n) is 2.22. The van der Waals surface area contributed by atoms with Crippen molar-refractivity contribution in [3.8, 4) is 5.88 Å². The van der Waals surface area contributed by atoms with Gasteiger partial charge in [0.05, 0.1) is 19.1 Å². The van der Waals surface area contributed by atoms with Gasteiger partial charge in [0.2, 0.25) is 11.8 Å². The van der Waals surface area contributed by atoms with Gasteiger partial charge in [0.15, 0.2) is 0 Å². The summed E-state index contributed by atoms with van der Waals surface area (Å²) in [6.45, 7) is 0. The molecule has 1 atom stereocenters. The molecule has 0 aliphatic rings. The number of ether oxygens (including phenoxy) is 1. The first-order chi connectivity index (χ1) is 8.93. The number of hydrogen-bond donors (Lipinski definition) is 3. The van der Waals surface area contributed by atoms with Gasteiger partial charge in [-0.15, -0.1) is 0 Å². The first-order valence-electron chi connectivity index (χ1n) is 5.26. The van der Waals surface area contributed by atoms with Crippen LogP contribution >= 0.6 is 0 Å². The maximum absolute atomic E-state index is 11.7. The van der Waals surface area contributed by atoms with Crippen molar-refractivity contribution in [1.82, 2.24) is 10.3 Å². The SMILES string of the molecule is COc1ccc(C(=O)N[C@@H](CC(N)=O)C(=O)O)cn1. The fraction of sp³-hybridized carbons (Fsp3) is 0.273. The van der Waals surface area contributed by atoms with Gasteiger partial charge in [0, 0.05) is 12.3 Å². The zero-order valence-electron chi connectivity index (χ0n) is 10.1. The van der Waals surface area contributed by atoms with E-state index < -0.39 is 30.2 Å². The third kappa shape index (κ3) is 4.26. The van der Waals surface area contributed by atoms with Gasteiger partial charge in [0.25, 0.3) is 5.91 Å². The van der Waals surface area contributed by atoms with Crippen molar-refractivity contribution in [2.24, 2.45) is 5.73 Å². The molecule has 0 radical (unpaired) electrons. The molecule has 0 saturated carbocycles. The Bertz CT molecular complexity index is 486. The molecule has 0 aliphatic heterocycles. The van der Waals surface area contributed by atoms with Gasteiger partial charge in [0.1, 0.15) is 6.04 Å². The van der Waals surface area contributed by atoms with Gasteiger partial charge in [-0.2, -0.15) is 0 Å². The van der Waals surface area contributed by atoms with Gasteiger partial charge in [-0.25, -0.2) is 9.78 Å². The summed E-state index contributed by atoms with van der Waals surface area (Å²) in [6.07, 6.45) is 0.752. The molecule has 102 valence electrons. The van der Waals surface area contributed by atoms with Crippen LogP contribution in [0, 0.1) is 0 Å². The van der Waals surface area contributed by atoms with Crippen molar-refractivity contribution in [2.75, 3.05) is 7.11 Å². The first-order valence-corrected chi connectivity index (χ1v) is 5.26. The van der Waals surface area contributed by atoms with E-state index in [-0.39, 0.29) is 5.56 Å². The van der Waals surface area contributed by atoms with Crippen LogP contribution < -0.4 is 15.8 Å². The predicted octanol–water partition coefficient (Wildman–Crippen LogP) is -0.851. The van der Waals surface area contributed by atoms with E-state index in [1.807, 2.05) is 0 Å². The first kappa shape index (κ1) is 14.4. The molecule has 0 unspecified atom stereocenters. The third-order valence-corrected chi connectivity index (χ3v) is 2.22. The van der Waals surface area contributed by atoms with Gasteiger partial charge in [-0.05, 0) is 6.07 Å². The quantitative estimate of drug-likeness (QED) is 0.615. The van der Waals surface area contributed by atoms with Crippen molar-refractivity contribution in [3.05, 3.63) is 23.9 Å². The van der Waals surface area contributed by atoms with Crippen LogP contribution in [0.1, 0.15) is 16.8 Å². The topological polar surface area (TPSA) is 132 Å². The molecule has 0 fully saturated rings. The number of carboxylic acids is 1. The summed E-state index contributed by atoms with van der Waals surface area (Å²) in [5.74, 6) is -2.50. The molecule has 8 nitrogen and oxygen atoms in total. The lowest BCUT2D eigenvalue weighted by molar-refractivity contribution is -0.140. The summed E-state index contributed by atoms with van der Waals surface area (Å²) < 4.78 is 4.82. The lowest BCUT2D eigenvalue weighted by atomic mass is 10.2. The van der Waals surface area contributed by atoms with E-state index in [9.17, 15) is 14.4 Å². The Hall–Kier alpha value is -2.64. The van der Waals surface area contributed by atoms with Gasteiger partial charge in [-0.1, -0.05) is 0 Å². The summed E-state index contributed by atoms with van der Waals surface area (Å²) in [4.78, 5) is 37.1. The number of amides is 2. The minimum Gasteiger partial charge on any atom is -0.481 e. The summed E-state index contributed by atoms with van der Waals surface area (Å²) in [5, 5.41) is 11.0. The largest absolute Gasteiger partial charge is 0.481 e. The molecule has 2 amide bonds. The van der Waals surface area contributed by atoms with Crippen LogP contribution in [0.3, 0.4) is 0 Å². The molecule has 1 aromatic rings. The summed E-state index contributed by atoms with van der Waals surface area (Å²) >= 11 is 0. The number of carbonyl (C=O) groups is 3. The Labute approximate surface area is 108 Å². The van der Waals surface area contributed by atoms with Crippen LogP contribution in [0.15, 0.2) is 18.3 Å². The van der Waals surface area contributed by atoms with Crippen LogP contribution in [0.2, 0.25) is 0 Å². The van der Waals surface area contributed by atoms with Gasteiger partial charge < -0.3 is 20.9 Å². The second-order valence-electron chi connectivity index (χ2n) is 3.62. The zero-order valence-corrected chi connectivity index (χ0v) is 10.1. The second kappa shape index (κ2) is 6.34. The highest BCUT2D eigenvalue weighted by atomic mass is 16.5. The summed E-state index contributed by atoms with van der Waals surface area (Å²) in [6, 6.07) is 1.51. The van der Waals surface area contributed by atoms with Gasteiger partial charge in [-0.3, -0.25) is 9.59 Å². The van der Waals surface area contributed by atoms with Crippen molar-refractivity contribution < 1.29 is 24.2 Å². The molecule has 8 heteroatoms. The van der Waals surface area contributed by atoms with Crippen LogP contribution in [0.25, 0.3) is 0 Å². The predicted molar refractivity (Wildman–Crippen MR) is 63.5 cm³/mol. The van der Waals surface area contributed by atoms with E-state index in [4.69, 9.17) is 15.6 Å². The number of carboxylic acid groups (broad SMARTS) is 1. The molecule has 1 aromatic heterocycles. The molecular formula is C11H13N3O5. The van der Waals surface area contributed by atoms with Gasteiger partial charge >= 0.3 is 5.97 Å². The molecule has 1 heterocycles. The Morgan fingerprint density at radius 2 is 2.16 bits per heavy atom. The van der Waals surface area contributed by atoms with E-state index in [0.717, 1.165) is 0 Å². The number of nitrogens with two attached hydrogens (primary N) is 1. The van der Waals surface area contributed by atoms with Crippen LogP contribution in [-0.4, -0.2) is 41.0 Å². The highest BCUT2D eigenvalue weighted by molar-refractivity contribution is 5.97. The number of carbonyl (C=O) groups excluding carboxylic acids is 2. The average Bonchev–Trinajstić information content (AvgIpc) is 2.37. The molecular weight excluding hydrogens is 254 g/mol. The summed E-state index contributed by atoms with van der Waals surface area (Å²) in [7, 11) is 1.43. The number of hydrogen-bond acceptors (Lipinski definition) is 5. The Morgan fingerprint density at radius 3 is 2.58 bits per heavy atom. The lowest BCUT2D eigenvalue weighted by Gasteiger charge is -2.12. The highest BCUT2D eigenvalue weighted by Crippen LogP contribution is 2.07. The smallest absolute Gasteiger partial charge is 0.326 e. The zero-order chi connectivity index (χ0) is 14.4. The van der Waals surface area contributed by atoms with Crippen molar-refractivity contribution in [2.45, 2.75) is 12.5 Å². The monoisotopic (exact) mass is 267 g/mol. The van der Waals surface area contributed by atoms with E-state index in [1.54, 1.807) is 0 Å². The molecule has 4 N–H and O–H groups in total. The number of nitrogens with one attached hydrogen (secondary N) is 1. The molecule has 0 saturated heterocycles. The molecule has 1 rings (SSSR count). The normalized spacial score (nSPS) is 11.4. The fourth-order valence-corrected chi connectivity index (χ4v) is 1.28. The number of aliphatic carboxylic acids is 1. The number of nitrogens with zero attached hydrogens (tertiary/aromatic N) is 1. The average molecular weight is 267 g/mol. The van der Waals surface area contributed by atoms with E-state index in [1.165, 1.54) is 25.4 Å². The van der Waals surface area contributed by atoms with Crippen molar-refractivity contribution in [1.29, 1.82) is 0 Å². The maximum Gasteiger partial charge on any atom is 0.326 e. The number of methoxy groups -OCH3 is 1. The molecule has 0 aromatic carbocycles. The number of primary amides is 1. The Balaban J connectivity index is 2.75. The maximum atomic E-state index is 11.7. The molecule has 0 aliphatic carbocycles. The van der Waals surface area contributed by atoms with Crippen molar-refractivity contribution in [3.63, 3.8) is 0 Å². The van der Waals surface area contributed by atoms with E-state index in [2.05, 4.69) is 10.3 Å². The second-order valence-corrected chi connectivity index (χ2v) is 3.62. The minimum absolute atomic E-state index is 0.150. The number of rotatable bonds is 6. The minimum atomic E-state index is -1.37. The number of pyridine rings is 1. The molecule has 19 heavy (non-hydrogen) atoms. The fourth-order valence-electron chi connectivity index (χ4n) is 1.28. The molecule has 0 bridgehead atoms.